The number of ether oxygens (including phenoxy) is 1. The van der Waals surface area contributed by atoms with E-state index in [4.69, 9.17) is 9.84 Å². The van der Waals surface area contributed by atoms with Crippen molar-refractivity contribution in [1.29, 1.82) is 0 Å². The van der Waals surface area contributed by atoms with E-state index in [9.17, 15) is 0 Å². The molecule has 0 aromatic heterocycles. The molecule has 4 rings (SSSR count). The van der Waals surface area contributed by atoms with Gasteiger partial charge in [-0.05, 0) is 42.5 Å². The van der Waals surface area contributed by atoms with E-state index in [1.807, 2.05) is 0 Å². The Morgan fingerprint density at radius 1 is 1.20 bits per heavy atom. The standard InChI is InChI=1S/C22H24N2O/c1-3-15-25-18-13-11-17(12-14-18)22-20-10-6-8-16-7-4-5-9-19(16)21(20)23-24(22)2/h3-5,7,9,11-14,20,22H,1,6,8,10,15H2,2H3/t20-,22+/m0/s1. The maximum atomic E-state index is 5.61. The molecule has 0 saturated heterocycles. The van der Waals surface area contributed by atoms with Gasteiger partial charge in [0.25, 0.3) is 0 Å². The lowest BCUT2D eigenvalue weighted by Crippen LogP contribution is -2.23. The molecule has 0 unspecified atom stereocenters. The Morgan fingerprint density at radius 2 is 2.00 bits per heavy atom. The van der Waals surface area contributed by atoms with E-state index in [1.165, 1.54) is 35.2 Å². The van der Waals surface area contributed by atoms with Crippen LogP contribution in [-0.4, -0.2) is 24.4 Å². The van der Waals surface area contributed by atoms with Gasteiger partial charge in [0.15, 0.2) is 0 Å². The maximum absolute atomic E-state index is 5.61. The van der Waals surface area contributed by atoms with Crippen LogP contribution in [0.25, 0.3) is 0 Å². The first-order valence-electron chi connectivity index (χ1n) is 9.01. The number of fused-ring (bicyclic) bond motifs is 3. The Labute approximate surface area is 149 Å². The van der Waals surface area contributed by atoms with Gasteiger partial charge in [-0.1, -0.05) is 49.1 Å². The predicted molar refractivity (Wildman–Crippen MR) is 102 cm³/mol. The molecule has 1 aliphatic heterocycles. The van der Waals surface area contributed by atoms with Gasteiger partial charge in [0.05, 0.1) is 11.8 Å². The van der Waals surface area contributed by atoms with E-state index in [0.717, 1.165) is 12.2 Å². The number of hydrogen-bond acceptors (Lipinski definition) is 3. The number of benzene rings is 2. The average molecular weight is 332 g/mol. The largest absolute Gasteiger partial charge is 0.490 e. The molecular weight excluding hydrogens is 308 g/mol. The first-order chi connectivity index (χ1) is 12.3. The van der Waals surface area contributed by atoms with Gasteiger partial charge in [-0.15, -0.1) is 0 Å². The van der Waals surface area contributed by atoms with Crippen LogP contribution < -0.4 is 4.74 Å². The normalized spacial score (nSPS) is 21.8. The van der Waals surface area contributed by atoms with Gasteiger partial charge in [-0.3, -0.25) is 5.01 Å². The smallest absolute Gasteiger partial charge is 0.119 e. The predicted octanol–water partition coefficient (Wildman–Crippen LogP) is 4.59. The summed E-state index contributed by atoms with van der Waals surface area (Å²) in [7, 11) is 2.09. The second kappa shape index (κ2) is 6.75. The fourth-order valence-electron chi connectivity index (χ4n) is 4.13. The molecule has 3 nitrogen and oxygen atoms in total. The van der Waals surface area contributed by atoms with E-state index in [0.29, 0.717) is 18.6 Å². The second-order valence-electron chi connectivity index (χ2n) is 6.83. The molecule has 0 bridgehead atoms. The lowest BCUT2D eigenvalue weighted by atomic mass is 9.85. The maximum Gasteiger partial charge on any atom is 0.119 e. The first-order valence-corrected chi connectivity index (χ1v) is 9.01. The highest BCUT2D eigenvalue weighted by Crippen LogP contribution is 2.41. The molecule has 2 aromatic rings. The van der Waals surface area contributed by atoms with Gasteiger partial charge in [0, 0.05) is 18.5 Å². The van der Waals surface area contributed by atoms with Crippen LogP contribution in [0.15, 0.2) is 66.3 Å². The van der Waals surface area contributed by atoms with Crippen molar-refractivity contribution in [2.75, 3.05) is 13.7 Å². The van der Waals surface area contributed by atoms with Crippen molar-refractivity contribution >= 4 is 5.71 Å². The summed E-state index contributed by atoms with van der Waals surface area (Å²) in [4.78, 5) is 0. The lowest BCUT2D eigenvalue weighted by Gasteiger charge is -2.25. The van der Waals surface area contributed by atoms with Crippen molar-refractivity contribution in [3.63, 3.8) is 0 Å². The molecular formula is C22H24N2O. The van der Waals surface area contributed by atoms with Crippen LogP contribution in [0.3, 0.4) is 0 Å². The molecule has 25 heavy (non-hydrogen) atoms. The van der Waals surface area contributed by atoms with Gasteiger partial charge in [-0.2, -0.15) is 5.10 Å². The Balaban J connectivity index is 1.64. The third kappa shape index (κ3) is 2.95. The summed E-state index contributed by atoms with van der Waals surface area (Å²) in [5, 5.41) is 7.09. The summed E-state index contributed by atoms with van der Waals surface area (Å²) in [5.74, 6) is 1.34. The van der Waals surface area contributed by atoms with Crippen molar-refractivity contribution in [2.45, 2.75) is 25.3 Å². The van der Waals surface area contributed by atoms with Crippen molar-refractivity contribution < 1.29 is 4.74 Å². The van der Waals surface area contributed by atoms with Crippen LogP contribution in [0.5, 0.6) is 5.75 Å². The van der Waals surface area contributed by atoms with Gasteiger partial charge in [0.2, 0.25) is 0 Å². The Morgan fingerprint density at radius 3 is 2.80 bits per heavy atom. The van der Waals surface area contributed by atoms with Crippen LogP contribution in [0, 0.1) is 5.92 Å². The molecule has 0 N–H and O–H groups in total. The Bertz CT molecular complexity index is 794. The SMILES string of the molecule is C=CCOc1ccc([C@@H]2[C@H]3CCCc4ccccc4C3=NN2C)cc1. The highest BCUT2D eigenvalue weighted by atomic mass is 16.5. The molecule has 2 aliphatic rings. The molecule has 2 atom stereocenters. The third-order valence-corrected chi connectivity index (χ3v) is 5.24. The molecule has 0 amide bonds. The molecule has 3 heteroatoms. The Hall–Kier alpha value is -2.55. The molecule has 1 aliphatic carbocycles. The minimum absolute atomic E-state index is 0.301. The zero-order valence-corrected chi connectivity index (χ0v) is 14.7. The van der Waals surface area contributed by atoms with Crippen molar-refractivity contribution in [3.8, 4) is 5.75 Å². The molecule has 1 heterocycles. The van der Waals surface area contributed by atoms with Crippen molar-refractivity contribution in [3.05, 3.63) is 77.9 Å². The zero-order valence-electron chi connectivity index (χ0n) is 14.7. The summed E-state index contributed by atoms with van der Waals surface area (Å²) in [6.45, 7) is 4.23. The van der Waals surface area contributed by atoms with Crippen LogP contribution in [0.4, 0.5) is 0 Å². The first kappa shape index (κ1) is 15.9. The Kier molecular flexibility index (Phi) is 4.31. The second-order valence-corrected chi connectivity index (χ2v) is 6.83. The highest BCUT2D eigenvalue weighted by Gasteiger charge is 2.38. The molecule has 0 fully saturated rings. The van der Waals surface area contributed by atoms with Crippen molar-refractivity contribution in [2.24, 2.45) is 11.0 Å². The van der Waals surface area contributed by atoms with Crippen LogP contribution in [-0.2, 0) is 6.42 Å². The highest BCUT2D eigenvalue weighted by molar-refractivity contribution is 6.05. The van der Waals surface area contributed by atoms with E-state index < -0.39 is 0 Å². The monoisotopic (exact) mass is 332 g/mol. The van der Waals surface area contributed by atoms with Gasteiger partial charge in [-0.25, -0.2) is 0 Å². The van der Waals surface area contributed by atoms with E-state index in [-0.39, 0.29) is 0 Å². The third-order valence-electron chi connectivity index (χ3n) is 5.24. The molecule has 2 aromatic carbocycles. The van der Waals surface area contributed by atoms with Gasteiger partial charge in [0.1, 0.15) is 12.4 Å². The van der Waals surface area contributed by atoms with Crippen molar-refractivity contribution in [1.82, 2.24) is 5.01 Å². The minimum atomic E-state index is 0.301. The number of rotatable bonds is 4. The van der Waals surface area contributed by atoms with E-state index >= 15 is 0 Å². The molecule has 0 radical (unpaired) electrons. The van der Waals surface area contributed by atoms with E-state index in [1.54, 1.807) is 6.08 Å². The number of aryl methyl sites for hydroxylation is 1. The number of hydrazone groups is 1. The van der Waals surface area contributed by atoms with Crippen LogP contribution in [0.2, 0.25) is 0 Å². The summed E-state index contributed by atoms with van der Waals surface area (Å²) in [6.07, 6.45) is 5.31. The van der Waals surface area contributed by atoms with Crippen LogP contribution in [0.1, 0.15) is 35.6 Å². The fraction of sp³-hybridized carbons (Fsp3) is 0.318. The molecule has 128 valence electrons. The summed E-state index contributed by atoms with van der Waals surface area (Å²) >= 11 is 0. The van der Waals surface area contributed by atoms with Gasteiger partial charge >= 0.3 is 0 Å². The quantitative estimate of drug-likeness (QED) is 0.765. The van der Waals surface area contributed by atoms with Gasteiger partial charge < -0.3 is 4.74 Å². The summed E-state index contributed by atoms with van der Waals surface area (Å²) < 4.78 is 5.61. The minimum Gasteiger partial charge on any atom is -0.490 e. The lowest BCUT2D eigenvalue weighted by molar-refractivity contribution is 0.242. The topological polar surface area (TPSA) is 24.8 Å². The fourth-order valence-corrected chi connectivity index (χ4v) is 4.13. The zero-order chi connectivity index (χ0) is 17.2. The summed E-state index contributed by atoms with van der Waals surface area (Å²) in [5.41, 5.74) is 5.33. The molecule has 0 saturated carbocycles. The van der Waals surface area contributed by atoms with Crippen LogP contribution >= 0.6 is 0 Å². The number of nitrogens with zero attached hydrogens (tertiary/aromatic N) is 2. The summed E-state index contributed by atoms with van der Waals surface area (Å²) in [6, 6.07) is 17.5. The van der Waals surface area contributed by atoms with E-state index in [2.05, 4.69) is 67.2 Å². The average Bonchev–Trinajstić information content (AvgIpc) is 2.86. The molecule has 0 spiro atoms. The number of hydrogen-bond donors (Lipinski definition) is 0.